The molecule has 2 N–H and O–H groups in total. The molecular weight excluding hydrogens is 272 g/mol. The summed E-state index contributed by atoms with van der Waals surface area (Å²) in [7, 11) is 0. The molecule has 4 heteroatoms. The number of aromatic nitrogens is 3. The number of aryl methyl sites for hydroxylation is 2. The second-order valence-electron chi connectivity index (χ2n) is 5.59. The number of nitrogens with two attached hydrogens (primary N) is 1. The summed E-state index contributed by atoms with van der Waals surface area (Å²) in [5, 5.41) is 8.61. The van der Waals surface area contributed by atoms with Gasteiger partial charge in [-0.05, 0) is 38.0 Å². The van der Waals surface area contributed by atoms with Crippen molar-refractivity contribution in [3.05, 3.63) is 64.8 Å². The maximum Gasteiger partial charge on any atom is 0.105 e. The third kappa shape index (κ3) is 2.42. The van der Waals surface area contributed by atoms with Crippen LogP contribution in [0.4, 0.5) is 0 Å². The van der Waals surface area contributed by atoms with Gasteiger partial charge in [0.15, 0.2) is 0 Å². The Hall–Kier alpha value is -2.46. The topological polar surface area (TPSA) is 56.7 Å². The van der Waals surface area contributed by atoms with Crippen molar-refractivity contribution in [3.63, 3.8) is 0 Å². The molecule has 0 aliphatic carbocycles. The van der Waals surface area contributed by atoms with Gasteiger partial charge >= 0.3 is 0 Å². The van der Waals surface area contributed by atoms with Crippen molar-refractivity contribution < 1.29 is 0 Å². The summed E-state index contributed by atoms with van der Waals surface area (Å²) in [6.07, 6.45) is 0. The minimum absolute atomic E-state index is 0.369. The minimum Gasteiger partial charge on any atom is -0.325 e. The molecular formula is C18H20N4. The fraction of sp³-hybridized carbons (Fsp3) is 0.222. The summed E-state index contributed by atoms with van der Waals surface area (Å²) in [4.78, 5) is 0. The quantitative estimate of drug-likeness (QED) is 0.805. The van der Waals surface area contributed by atoms with Gasteiger partial charge in [0.05, 0.1) is 11.4 Å². The predicted octanol–water partition coefficient (Wildman–Crippen LogP) is 3.32. The molecule has 0 aliphatic rings. The zero-order valence-electron chi connectivity index (χ0n) is 13.2. The van der Waals surface area contributed by atoms with Crippen LogP contribution in [0.2, 0.25) is 0 Å². The number of nitrogens with zero attached hydrogens (tertiary/aromatic N) is 3. The third-order valence-corrected chi connectivity index (χ3v) is 4.06. The first-order valence-corrected chi connectivity index (χ1v) is 7.40. The summed E-state index contributed by atoms with van der Waals surface area (Å²) >= 11 is 0. The number of rotatable bonds is 3. The highest BCUT2D eigenvalue weighted by molar-refractivity contribution is 5.65. The summed E-state index contributed by atoms with van der Waals surface area (Å²) in [6.45, 7) is 6.65. The SMILES string of the molecule is Cc1ccc(-c2c(CN)nnn2-c2cccc(C)c2C)cc1. The highest BCUT2D eigenvalue weighted by Gasteiger charge is 2.16. The van der Waals surface area contributed by atoms with Gasteiger partial charge in [0.2, 0.25) is 0 Å². The van der Waals surface area contributed by atoms with Crippen molar-refractivity contribution in [2.75, 3.05) is 0 Å². The van der Waals surface area contributed by atoms with Gasteiger partial charge in [-0.2, -0.15) is 0 Å². The summed E-state index contributed by atoms with van der Waals surface area (Å²) in [5.74, 6) is 0. The van der Waals surface area contributed by atoms with Gasteiger partial charge in [0.25, 0.3) is 0 Å². The first-order chi connectivity index (χ1) is 10.6. The van der Waals surface area contributed by atoms with E-state index in [0.717, 1.165) is 22.6 Å². The van der Waals surface area contributed by atoms with E-state index in [1.165, 1.54) is 16.7 Å². The Kier molecular flexibility index (Phi) is 3.77. The van der Waals surface area contributed by atoms with Gasteiger partial charge in [-0.25, -0.2) is 4.68 Å². The summed E-state index contributed by atoms with van der Waals surface area (Å²) in [6, 6.07) is 14.6. The van der Waals surface area contributed by atoms with Crippen molar-refractivity contribution in [2.45, 2.75) is 27.3 Å². The zero-order valence-corrected chi connectivity index (χ0v) is 13.2. The first-order valence-electron chi connectivity index (χ1n) is 7.40. The summed E-state index contributed by atoms with van der Waals surface area (Å²) < 4.78 is 1.90. The fourth-order valence-corrected chi connectivity index (χ4v) is 2.58. The van der Waals surface area contributed by atoms with Crippen molar-refractivity contribution in [3.8, 4) is 16.9 Å². The van der Waals surface area contributed by atoms with E-state index in [1.54, 1.807) is 0 Å². The van der Waals surface area contributed by atoms with E-state index in [9.17, 15) is 0 Å². The van der Waals surface area contributed by atoms with Crippen molar-refractivity contribution in [2.24, 2.45) is 5.73 Å². The van der Waals surface area contributed by atoms with Gasteiger partial charge in [-0.3, -0.25) is 0 Å². The maximum atomic E-state index is 5.86. The fourth-order valence-electron chi connectivity index (χ4n) is 2.58. The van der Waals surface area contributed by atoms with Gasteiger partial charge in [-0.15, -0.1) is 5.10 Å². The molecule has 22 heavy (non-hydrogen) atoms. The lowest BCUT2D eigenvalue weighted by Gasteiger charge is -2.12. The van der Waals surface area contributed by atoms with Crippen LogP contribution in [-0.4, -0.2) is 15.0 Å². The Labute approximate surface area is 130 Å². The monoisotopic (exact) mass is 292 g/mol. The van der Waals surface area contributed by atoms with E-state index >= 15 is 0 Å². The number of benzene rings is 2. The second kappa shape index (κ2) is 5.73. The van der Waals surface area contributed by atoms with Crippen LogP contribution in [0.15, 0.2) is 42.5 Å². The second-order valence-corrected chi connectivity index (χ2v) is 5.59. The number of hydrogen-bond donors (Lipinski definition) is 1. The molecule has 4 nitrogen and oxygen atoms in total. The molecule has 0 bridgehead atoms. The molecule has 1 heterocycles. The Bertz CT molecular complexity index is 800. The molecule has 0 unspecified atom stereocenters. The zero-order chi connectivity index (χ0) is 15.7. The van der Waals surface area contributed by atoms with E-state index in [1.807, 2.05) is 10.7 Å². The van der Waals surface area contributed by atoms with Crippen LogP contribution in [0.3, 0.4) is 0 Å². The van der Waals surface area contributed by atoms with Crippen LogP contribution in [0.25, 0.3) is 16.9 Å². The van der Waals surface area contributed by atoms with E-state index in [-0.39, 0.29) is 0 Å². The van der Waals surface area contributed by atoms with Crippen LogP contribution in [0.5, 0.6) is 0 Å². The normalized spacial score (nSPS) is 10.9. The lowest BCUT2D eigenvalue weighted by atomic mass is 10.1. The van der Waals surface area contributed by atoms with Crippen LogP contribution < -0.4 is 5.73 Å². The average Bonchev–Trinajstić information content (AvgIpc) is 2.94. The summed E-state index contributed by atoms with van der Waals surface area (Å²) in [5.41, 5.74) is 13.4. The van der Waals surface area contributed by atoms with E-state index < -0.39 is 0 Å². The van der Waals surface area contributed by atoms with Crippen LogP contribution in [-0.2, 0) is 6.54 Å². The van der Waals surface area contributed by atoms with Crippen LogP contribution in [0.1, 0.15) is 22.4 Å². The van der Waals surface area contributed by atoms with Gasteiger partial charge in [0, 0.05) is 12.1 Å². The Morgan fingerprint density at radius 3 is 2.41 bits per heavy atom. The molecule has 0 radical (unpaired) electrons. The van der Waals surface area contributed by atoms with E-state index in [0.29, 0.717) is 6.54 Å². The highest BCUT2D eigenvalue weighted by atomic mass is 15.4. The Morgan fingerprint density at radius 2 is 1.73 bits per heavy atom. The van der Waals surface area contributed by atoms with Gasteiger partial charge in [-0.1, -0.05) is 47.2 Å². The standard InChI is InChI=1S/C18H20N4/c1-12-7-9-15(10-8-12)18-16(11-19)20-21-22(18)17-6-4-5-13(2)14(17)3/h4-10H,11,19H2,1-3H3. The third-order valence-electron chi connectivity index (χ3n) is 4.06. The number of hydrogen-bond acceptors (Lipinski definition) is 3. The lowest BCUT2D eigenvalue weighted by molar-refractivity contribution is 0.795. The predicted molar refractivity (Wildman–Crippen MR) is 88.9 cm³/mol. The molecule has 0 aliphatic heterocycles. The molecule has 0 spiro atoms. The molecule has 0 amide bonds. The largest absolute Gasteiger partial charge is 0.325 e. The first kappa shape index (κ1) is 14.5. The Balaban J connectivity index is 2.23. The molecule has 3 aromatic rings. The van der Waals surface area contributed by atoms with E-state index in [4.69, 9.17) is 5.73 Å². The highest BCUT2D eigenvalue weighted by Crippen LogP contribution is 2.27. The lowest BCUT2D eigenvalue weighted by Crippen LogP contribution is -2.04. The maximum absolute atomic E-state index is 5.86. The minimum atomic E-state index is 0.369. The van der Waals surface area contributed by atoms with E-state index in [2.05, 4.69) is 67.5 Å². The average molecular weight is 292 g/mol. The van der Waals surface area contributed by atoms with Gasteiger partial charge < -0.3 is 5.73 Å². The molecule has 2 aromatic carbocycles. The molecule has 0 saturated heterocycles. The molecule has 3 rings (SSSR count). The van der Waals surface area contributed by atoms with Crippen molar-refractivity contribution in [1.29, 1.82) is 0 Å². The Morgan fingerprint density at radius 1 is 1.00 bits per heavy atom. The molecule has 0 saturated carbocycles. The van der Waals surface area contributed by atoms with Crippen LogP contribution >= 0.6 is 0 Å². The van der Waals surface area contributed by atoms with Crippen LogP contribution in [0, 0.1) is 20.8 Å². The smallest absolute Gasteiger partial charge is 0.105 e. The molecule has 0 fully saturated rings. The van der Waals surface area contributed by atoms with Crippen molar-refractivity contribution in [1.82, 2.24) is 15.0 Å². The molecule has 112 valence electrons. The molecule has 0 atom stereocenters. The van der Waals surface area contributed by atoms with Crippen molar-refractivity contribution >= 4 is 0 Å². The molecule has 1 aromatic heterocycles. The van der Waals surface area contributed by atoms with Gasteiger partial charge in [0.1, 0.15) is 5.69 Å².